The van der Waals surface area contributed by atoms with Gasteiger partial charge in [-0.05, 0) is 106 Å². The molecule has 0 amide bonds. The average Bonchev–Trinajstić information content (AvgIpc) is 3.02. The second-order valence-corrected chi connectivity index (χ2v) is 10.7. The maximum absolute atomic E-state index is 11.2. The Bertz CT molecular complexity index is 1630. The number of carbonyl (C=O) groups is 2. The first-order valence-corrected chi connectivity index (χ1v) is 14.9. The van der Waals surface area contributed by atoms with Crippen molar-refractivity contribution in [1.29, 1.82) is 0 Å². The zero-order valence-electron chi connectivity index (χ0n) is 27.7. The zero-order chi connectivity index (χ0) is 35.3. The van der Waals surface area contributed by atoms with Crippen LogP contribution in [0.5, 0.6) is 23.0 Å². The largest absolute Gasteiger partial charge is 2.00 e. The third-order valence-electron chi connectivity index (χ3n) is 7.24. The maximum Gasteiger partial charge on any atom is 2.00 e. The van der Waals surface area contributed by atoms with Crippen molar-refractivity contribution in [2.45, 2.75) is 60.8 Å². The van der Waals surface area contributed by atoms with Crippen molar-refractivity contribution < 1.29 is 56.7 Å². The van der Waals surface area contributed by atoms with Crippen LogP contribution in [-0.2, 0) is 16.5 Å². The summed E-state index contributed by atoms with van der Waals surface area (Å²) in [6, 6.07) is 22.7. The van der Waals surface area contributed by atoms with E-state index in [1.807, 2.05) is 67.6 Å². The van der Waals surface area contributed by atoms with Crippen LogP contribution in [-0.4, -0.2) is 43.8 Å². The fraction of sp³-hybridized carbons (Fsp3) is 0.243. The topological polar surface area (TPSA) is 186 Å². The molecule has 0 fully saturated rings. The number of hydrogen-bond donors (Lipinski definition) is 4. The number of carboxylic acid groups (broad SMARTS) is 2. The summed E-state index contributed by atoms with van der Waals surface area (Å²) in [5, 5.41) is 57.8. The summed E-state index contributed by atoms with van der Waals surface area (Å²) >= 11 is 0. The summed E-state index contributed by atoms with van der Waals surface area (Å²) in [5.74, 6) is -5.28. The number of unbranched alkanes of at least 4 members (excludes halogenated alkanes) is 1. The van der Waals surface area contributed by atoms with Crippen molar-refractivity contribution >= 4 is 34.7 Å². The number of rotatable bonds is 8. The second-order valence-electron chi connectivity index (χ2n) is 10.7. The number of aromatic hydroxyl groups is 2. The molecule has 4 aromatic carbocycles. The van der Waals surface area contributed by atoms with E-state index in [1.54, 1.807) is 27.7 Å². The molecule has 4 N–H and O–H groups in total. The molecule has 0 aliphatic heterocycles. The van der Waals surface area contributed by atoms with Gasteiger partial charge in [0.25, 0.3) is 0 Å². The zero-order valence-corrected chi connectivity index (χ0v) is 28.7. The predicted octanol–water partition coefficient (Wildman–Crippen LogP) is 7.30. The van der Waals surface area contributed by atoms with Crippen LogP contribution in [0.2, 0.25) is 0 Å². The molecule has 0 aliphatic carbocycles. The van der Waals surface area contributed by atoms with Crippen molar-refractivity contribution in [2.75, 3.05) is 0 Å². The maximum atomic E-state index is 11.2. The molecule has 0 radical (unpaired) electrons. The minimum absolute atomic E-state index is 0. The van der Waals surface area contributed by atoms with E-state index in [0.29, 0.717) is 22.3 Å². The monoisotopic (exact) mass is 698 g/mol. The molecule has 0 aliphatic rings. The van der Waals surface area contributed by atoms with Crippen LogP contribution in [0.15, 0.2) is 82.8 Å². The van der Waals surface area contributed by atoms with Gasteiger partial charge in [-0.25, -0.2) is 9.59 Å². The number of aromatic carboxylic acids is 2. The summed E-state index contributed by atoms with van der Waals surface area (Å²) in [6.45, 7) is 10.6. The van der Waals surface area contributed by atoms with Crippen LogP contribution in [0.1, 0.15) is 76.1 Å². The predicted molar refractivity (Wildman–Crippen MR) is 180 cm³/mol. The molecule has 256 valence electrons. The Morgan fingerprint density at radius 3 is 1.42 bits per heavy atom. The van der Waals surface area contributed by atoms with E-state index >= 15 is 0 Å². The number of para-hydroxylation sites is 2. The van der Waals surface area contributed by atoms with Gasteiger partial charge in [0.15, 0.2) is 0 Å². The van der Waals surface area contributed by atoms with Crippen LogP contribution in [0, 0.1) is 27.7 Å². The number of nitrogens with zero attached hydrogens (tertiary/aromatic N) is 2. The number of carboxylic acids is 2. The number of aryl methyl sites for hydroxylation is 2. The average molecular weight is 699 g/mol. The Hall–Kier alpha value is -5.15. The van der Waals surface area contributed by atoms with E-state index in [0.717, 1.165) is 42.1 Å². The van der Waals surface area contributed by atoms with Gasteiger partial charge in [0.1, 0.15) is 11.5 Å². The number of hydrogen-bond acceptors (Lipinski definition) is 8. The molecule has 0 spiro atoms. The van der Waals surface area contributed by atoms with Crippen LogP contribution >= 0.6 is 0 Å². The van der Waals surface area contributed by atoms with Gasteiger partial charge in [-0.1, -0.05) is 61.2 Å². The van der Waals surface area contributed by atoms with Gasteiger partial charge >= 0.3 is 28.4 Å². The van der Waals surface area contributed by atoms with Crippen molar-refractivity contribution in [1.82, 2.24) is 0 Å². The van der Waals surface area contributed by atoms with Gasteiger partial charge in [0, 0.05) is 0 Å². The number of phenols is 2. The van der Waals surface area contributed by atoms with Crippen LogP contribution in [0.3, 0.4) is 0 Å². The van der Waals surface area contributed by atoms with Crippen molar-refractivity contribution in [3.63, 3.8) is 0 Å². The van der Waals surface area contributed by atoms with Crippen LogP contribution in [0.25, 0.3) is 0 Å². The van der Waals surface area contributed by atoms with E-state index in [9.17, 15) is 19.8 Å². The van der Waals surface area contributed by atoms with Crippen molar-refractivity contribution in [3.05, 3.63) is 106 Å². The molecule has 10 nitrogen and oxygen atoms in total. The number of aliphatic imine (C=N–C) groups is 2. The Kier molecular flexibility index (Phi) is 16.6. The SMILES string of the molecule is CCCCC(=Nc1ccccc1)C(C)=Nc1ccccc1.Cc1cc(O)c([O-])c(C(=O)O)c1C.Cc1cc(O)c([O-])c(C(=O)O)c1C.[Ni+2]. The fourth-order valence-corrected chi connectivity index (χ4v) is 4.34. The van der Waals surface area contributed by atoms with E-state index in [4.69, 9.17) is 30.4 Å². The minimum Gasteiger partial charge on any atom is -0.869 e. The first-order valence-electron chi connectivity index (χ1n) is 14.9. The molecule has 0 aromatic heterocycles. The smallest absolute Gasteiger partial charge is 0.869 e. The Morgan fingerprint density at radius 2 is 1.06 bits per heavy atom. The number of benzene rings is 4. The Labute approximate surface area is 290 Å². The molecule has 4 aromatic rings. The summed E-state index contributed by atoms with van der Waals surface area (Å²) in [5.41, 5.74) is 5.33. The van der Waals surface area contributed by atoms with Crippen LogP contribution < -0.4 is 10.2 Å². The van der Waals surface area contributed by atoms with Gasteiger partial charge in [-0.3, -0.25) is 9.98 Å². The van der Waals surface area contributed by atoms with Gasteiger partial charge in [-0.15, -0.1) is 0 Å². The van der Waals surface area contributed by atoms with E-state index in [1.165, 1.54) is 12.1 Å². The third-order valence-corrected chi connectivity index (χ3v) is 7.24. The molecule has 4 rings (SSSR count). The normalized spacial score (nSPS) is 10.9. The molecule has 0 unspecified atom stereocenters. The summed E-state index contributed by atoms with van der Waals surface area (Å²) < 4.78 is 0. The summed E-state index contributed by atoms with van der Waals surface area (Å²) in [7, 11) is 0. The first kappa shape index (κ1) is 40.9. The van der Waals surface area contributed by atoms with Gasteiger partial charge in [0.2, 0.25) is 0 Å². The molecule has 0 bridgehead atoms. The molecule has 0 saturated heterocycles. The van der Waals surface area contributed by atoms with E-state index < -0.39 is 34.9 Å². The molecular formula is C37H40N2NiO8. The van der Waals surface area contributed by atoms with Gasteiger partial charge in [-0.2, -0.15) is 0 Å². The molecule has 11 heteroatoms. The van der Waals surface area contributed by atoms with Crippen molar-refractivity contribution in [2.24, 2.45) is 9.98 Å². The third kappa shape index (κ3) is 11.6. The molecular weight excluding hydrogens is 659 g/mol. The van der Waals surface area contributed by atoms with E-state index in [2.05, 4.69) is 6.92 Å². The van der Waals surface area contributed by atoms with Gasteiger partial charge in [0.05, 0.1) is 33.9 Å². The van der Waals surface area contributed by atoms with Crippen LogP contribution in [0.4, 0.5) is 11.4 Å². The Morgan fingerprint density at radius 1 is 0.688 bits per heavy atom. The minimum atomic E-state index is -1.30. The first-order chi connectivity index (χ1) is 22.2. The van der Waals surface area contributed by atoms with E-state index in [-0.39, 0.29) is 27.6 Å². The summed E-state index contributed by atoms with van der Waals surface area (Å²) in [4.78, 5) is 30.7. The fourth-order valence-electron chi connectivity index (χ4n) is 4.34. The molecule has 0 saturated carbocycles. The summed E-state index contributed by atoms with van der Waals surface area (Å²) in [6.07, 6.45) is 3.26. The number of phenolic OH excluding ortho intramolecular Hbond substituents is 2. The Balaban J connectivity index is 0.000000374. The van der Waals surface area contributed by atoms with Gasteiger partial charge < -0.3 is 30.6 Å². The van der Waals surface area contributed by atoms with Crippen molar-refractivity contribution in [3.8, 4) is 23.0 Å². The molecule has 0 atom stereocenters. The standard InChI is InChI=1S/C19H22N2.2C9H10O4.Ni/c1-3-4-15-19(21-18-13-9-6-10-14-18)16(2)20-17-11-7-5-8-12-17;2*1-4-3-6(10)8(11)7(5(4)2)9(12)13;/h5-14H,3-4,15H2,1-2H3;2*3,10-11H,1-2H3,(H,12,13);/q;;;+2/p-2. The molecule has 0 heterocycles. The quantitative estimate of drug-likeness (QED) is 0.109. The second kappa shape index (κ2) is 19.5. The molecule has 48 heavy (non-hydrogen) atoms.